The van der Waals surface area contributed by atoms with Crippen LogP contribution in [0, 0.1) is 6.92 Å². The maximum atomic E-state index is 11.7. The van der Waals surface area contributed by atoms with E-state index in [4.69, 9.17) is 4.98 Å². The second kappa shape index (κ2) is 6.56. The Morgan fingerprint density at radius 2 is 2.12 bits per heavy atom. The van der Waals surface area contributed by atoms with Crippen LogP contribution >= 0.6 is 11.3 Å². The van der Waals surface area contributed by atoms with Crippen molar-refractivity contribution in [2.75, 3.05) is 24.5 Å². The van der Waals surface area contributed by atoms with Crippen LogP contribution in [0.3, 0.4) is 0 Å². The van der Waals surface area contributed by atoms with Crippen molar-refractivity contribution in [3.05, 3.63) is 41.8 Å². The van der Waals surface area contributed by atoms with Crippen molar-refractivity contribution in [3.8, 4) is 21.8 Å². The number of anilines is 1. The first-order valence-electron chi connectivity index (χ1n) is 7.92. The molecule has 0 saturated carbocycles. The van der Waals surface area contributed by atoms with Crippen molar-refractivity contribution in [2.45, 2.75) is 6.92 Å². The van der Waals surface area contributed by atoms with E-state index in [1.807, 2.05) is 4.90 Å². The third-order valence-corrected chi connectivity index (χ3v) is 4.92. The van der Waals surface area contributed by atoms with Gasteiger partial charge in [-0.1, -0.05) is 0 Å². The third-order valence-electron chi connectivity index (χ3n) is 3.91. The molecule has 7 nitrogen and oxygen atoms in total. The number of hydrogen-bond acceptors (Lipinski definition) is 7. The second-order valence-electron chi connectivity index (χ2n) is 5.70. The number of piperazine rings is 1. The second-order valence-corrected chi connectivity index (χ2v) is 6.99. The van der Waals surface area contributed by atoms with E-state index in [0.29, 0.717) is 19.0 Å². The molecule has 0 radical (unpaired) electrons. The fraction of sp³-hybridized carbons (Fsp3) is 0.235. The summed E-state index contributed by atoms with van der Waals surface area (Å²) in [6, 6.07) is 4.12. The lowest BCUT2D eigenvalue weighted by Crippen LogP contribution is -2.48. The molecule has 0 aromatic carbocycles. The Kier molecular flexibility index (Phi) is 4.10. The molecule has 0 unspecified atom stereocenters. The number of rotatable bonds is 3. The van der Waals surface area contributed by atoms with Gasteiger partial charge in [0, 0.05) is 42.1 Å². The molecular weight excluding hydrogens is 336 g/mol. The van der Waals surface area contributed by atoms with Gasteiger partial charge in [0.15, 0.2) is 0 Å². The van der Waals surface area contributed by atoms with Gasteiger partial charge in [-0.2, -0.15) is 0 Å². The van der Waals surface area contributed by atoms with Crippen molar-refractivity contribution in [1.29, 1.82) is 0 Å². The number of thiophene rings is 1. The fourth-order valence-corrected chi connectivity index (χ4v) is 3.58. The summed E-state index contributed by atoms with van der Waals surface area (Å²) in [6.07, 6.45) is 6.77. The maximum absolute atomic E-state index is 11.7. The predicted molar refractivity (Wildman–Crippen MR) is 96.3 cm³/mol. The van der Waals surface area contributed by atoms with E-state index in [1.54, 1.807) is 36.1 Å². The van der Waals surface area contributed by atoms with Gasteiger partial charge < -0.3 is 10.2 Å². The third kappa shape index (κ3) is 3.20. The summed E-state index contributed by atoms with van der Waals surface area (Å²) < 4.78 is 0. The molecule has 0 aliphatic carbocycles. The number of carbonyl (C=O) groups excluding carboxylic acids is 1. The van der Waals surface area contributed by atoms with Crippen molar-refractivity contribution < 1.29 is 4.79 Å². The average molecular weight is 352 g/mol. The van der Waals surface area contributed by atoms with Gasteiger partial charge >= 0.3 is 0 Å². The smallest absolute Gasteiger partial charge is 0.239 e. The van der Waals surface area contributed by atoms with Gasteiger partial charge in [0.25, 0.3) is 0 Å². The standard InChI is InChI=1S/C17H16N6OS/c1-11-2-3-14(25-11)16-12(13-9-18-4-5-19-13)8-21-17(22-16)23-7-6-20-15(24)10-23/h2-5,8-9H,6-7,10H2,1H3,(H,20,24). The molecule has 0 bridgehead atoms. The van der Waals surface area contributed by atoms with Crippen molar-refractivity contribution in [3.63, 3.8) is 0 Å². The van der Waals surface area contributed by atoms with Crippen LogP contribution in [0.15, 0.2) is 36.9 Å². The van der Waals surface area contributed by atoms with Crippen molar-refractivity contribution in [1.82, 2.24) is 25.3 Å². The first-order valence-corrected chi connectivity index (χ1v) is 8.74. The minimum absolute atomic E-state index is 0.0126. The van der Waals surface area contributed by atoms with Crippen LogP contribution in [0.1, 0.15) is 4.88 Å². The molecule has 1 aliphatic rings. The molecule has 1 aliphatic heterocycles. The molecule has 1 fully saturated rings. The SMILES string of the molecule is Cc1ccc(-c2nc(N3CCNC(=O)C3)ncc2-c2cnccn2)s1. The summed E-state index contributed by atoms with van der Waals surface area (Å²) in [4.78, 5) is 33.6. The predicted octanol–water partition coefficient (Wildman–Crippen LogP) is 1.91. The van der Waals surface area contributed by atoms with Crippen LogP contribution in [0.25, 0.3) is 21.8 Å². The van der Waals surface area contributed by atoms with Crippen LogP contribution in [-0.4, -0.2) is 45.5 Å². The van der Waals surface area contributed by atoms with E-state index in [1.165, 1.54) is 4.88 Å². The van der Waals surface area contributed by atoms with Gasteiger partial charge in [-0.3, -0.25) is 14.8 Å². The fourth-order valence-electron chi connectivity index (χ4n) is 2.71. The molecule has 4 heterocycles. The molecule has 8 heteroatoms. The lowest BCUT2D eigenvalue weighted by Gasteiger charge is -2.27. The molecule has 3 aromatic heterocycles. The highest BCUT2D eigenvalue weighted by Crippen LogP contribution is 2.34. The Morgan fingerprint density at radius 3 is 2.84 bits per heavy atom. The van der Waals surface area contributed by atoms with Crippen LogP contribution in [0.4, 0.5) is 5.95 Å². The summed E-state index contributed by atoms with van der Waals surface area (Å²) in [6.45, 7) is 3.63. The monoisotopic (exact) mass is 352 g/mol. The average Bonchev–Trinajstić information content (AvgIpc) is 3.08. The lowest BCUT2D eigenvalue weighted by molar-refractivity contribution is -0.120. The molecule has 3 aromatic rings. The molecule has 0 spiro atoms. The number of hydrogen-bond donors (Lipinski definition) is 1. The Hall–Kier alpha value is -2.87. The molecule has 0 atom stereocenters. The van der Waals surface area contributed by atoms with E-state index in [-0.39, 0.29) is 12.5 Å². The number of aromatic nitrogens is 4. The van der Waals surface area contributed by atoms with Crippen LogP contribution in [-0.2, 0) is 4.79 Å². The van der Waals surface area contributed by atoms with Crippen LogP contribution < -0.4 is 10.2 Å². The maximum Gasteiger partial charge on any atom is 0.239 e. The van der Waals surface area contributed by atoms with Gasteiger partial charge in [-0.15, -0.1) is 11.3 Å². The number of nitrogens with zero attached hydrogens (tertiary/aromatic N) is 5. The Labute approximate surface area is 148 Å². The number of amides is 1. The number of carbonyl (C=O) groups is 1. The summed E-state index contributed by atoms with van der Waals surface area (Å²) in [5.41, 5.74) is 2.38. The highest BCUT2D eigenvalue weighted by atomic mass is 32.1. The van der Waals surface area contributed by atoms with Crippen molar-refractivity contribution in [2.24, 2.45) is 0 Å². The van der Waals surface area contributed by atoms with E-state index in [2.05, 4.69) is 39.3 Å². The normalized spacial score (nSPS) is 14.4. The Balaban J connectivity index is 1.81. The van der Waals surface area contributed by atoms with Gasteiger partial charge in [0.05, 0.1) is 29.0 Å². The first kappa shape index (κ1) is 15.6. The van der Waals surface area contributed by atoms with Crippen molar-refractivity contribution >= 4 is 23.2 Å². The van der Waals surface area contributed by atoms with E-state index in [9.17, 15) is 4.79 Å². The van der Waals surface area contributed by atoms with Gasteiger partial charge in [-0.25, -0.2) is 9.97 Å². The molecule has 1 N–H and O–H groups in total. The molecule has 126 valence electrons. The van der Waals surface area contributed by atoms with Gasteiger partial charge in [-0.05, 0) is 19.1 Å². The zero-order valence-corrected chi connectivity index (χ0v) is 14.5. The van der Waals surface area contributed by atoms with Gasteiger partial charge in [0.1, 0.15) is 0 Å². The molecule has 25 heavy (non-hydrogen) atoms. The van der Waals surface area contributed by atoms with Crippen LogP contribution in [0.5, 0.6) is 0 Å². The molecule has 4 rings (SSSR count). The highest BCUT2D eigenvalue weighted by molar-refractivity contribution is 7.15. The first-order chi connectivity index (χ1) is 12.2. The highest BCUT2D eigenvalue weighted by Gasteiger charge is 2.21. The van der Waals surface area contributed by atoms with Gasteiger partial charge in [0.2, 0.25) is 11.9 Å². The Bertz CT molecular complexity index is 911. The number of nitrogens with one attached hydrogen (secondary N) is 1. The summed E-state index contributed by atoms with van der Waals surface area (Å²) >= 11 is 1.67. The van der Waals surface area contributed by atoms with E-state index < -0.39 is 0 Å². The summed E-state index contributed by atoms with van der Waals surface area (Å²) in [7, 11) is 0. The lowest BCUT2D eigenvalue weighted by atomic mass is 10.1. The largest absolute Gasteiger partial charge is 0.353 e. The topological polar surface area (TPSA) is 83.9 Å². The number of aryl methyl sites for hydroxylation is 1. The quantitative estimate of drug-likeness (QED) is 0.775. The molecule has 1 amide bonds. The Morgan fingerprint density at radius 1 is 1.20 bits per heavy atom. The van der Waals surface area contributed by atoms with Crippen LogP contribution in [0.2, 0.25) is 0 Å². The summed E-state index contributed by atoms with van der Waals surface area (Å²) in [5, 5.41) is 2.82. The van der Waals surface area contributed by atoms with E-state index >= 15 is 0 Å². The zero-order chi connectivity index (χ0) is 17.2. The minimum Gasteiger partial charge on any atom is -0.353 e. The van der Waals surface area contributed by atoms with E-state index in [0.717, 1.165) is 21.8 Å². The zero-order valence-electron chi connectivity index (χ0n) is 13.6. The minimum atomic E-state index is -0.0126. The summed E-state index contributed by atoms with van der Waals surface area (Å²) in [5.74, 6) is 0.546. The molecule has 1 saturated heterocycles. The molecular formula is C17H16N6OS.